The molecule has 0 spiro atoms. The van der Waals surface area contributed by atoms with Crippen LogP contribution in [-0.2, 0) is 0 Å². The number of hydrogen-bond donors (Lipinski definition) is 1. The third kappa shape index (κ3) is 3.68. The maximum absolute atomic E-state index is 6.17. The third-order valence-electron chi connectivity index (χ3n) is 5.09. The normalized spacial score (nSPS) is 15.7. The zero-order chi connectivity index (χ0) is 20.3. The van der Waals surface area contributed by atoms with Gasteiger partial charge in [-0.3, -0.25) is 5.01 Å². The minimum Gasteiger partial charge on any atom is -0.457 e. The van der Waals surface area contributed by atoms with Crippen LogP contribution in [0.5, 0.6) is 11.5 Å². The predicted molar refractivity (Wildman–Crippen MR) is 121 cm³/mol. The van der Waals surface area contributed by atoms with E-state index in [9.17, 15) is 0 Å². The van der Waals surface area contributed by atoms with Gasteiger partial charge in [-0.15, -0.1) is 5.12 Å². The van der Waals surface area contributed by atoms with Gasteiger partial charge >= 0.3 is 0 Å². The summed E-state index contributed by atoms with van der Waals surface area (Å²) in [5.74, 6) is 1.60. The second-order valence-electron chi connectivity index (χ2n) is 7.12. The predicted octanol–water partition coefficient (Wildman–Crippen LogP) is 4.88. The molecule has 0 aromatic heterocycles. The summed E-state index contributed by atoms with van der Waals surface area (Å²) in [4.78, 5) is 4.41. The minimum atomic E-state index is 0.767. The summed E-state index contributed by atoms with van der Waals surface area (Å²) < 4.78 is 6.17. The number of nitrogens with zero attached hydrogens (tertiary/aromatic N) is 4. The van der Waals surface area contributed by atoms with E-state index >= 15 is 0 Å². The lowest BCUT2D eigenvalue weighted by Crippen LogP contribution is -2.37. The van der Waals surface area contributed by atoms with Crippen LogP contribution < -0.4 is 25.0 Å². The van der Waals surface area contributed by atoms with Crippen molar-refractivity contribution in [1.82, 2.24) is 10.5 Å². The van der Waals surface area contributed by atoms with Crippen LogP contribution in [0.3, 0.4) is 0 Å². The Labute approximate surface area is 176 Å². The van der Waals surface area contributed by atoms with E-state index in [0.717, 1.165) is 29.5 Å². The molecule has 3 aromatic rings. The molecular formula is C24H23N5O. The van der Waals surface area contributed by atoms with Crippen molar-refractivity contribution in [3.8, 4) is 11.5 Å². The maximum Gasteiger partial charge on any atom is 0.129 e. The zero-order valence-corrected chi connectivity index (χ0v) is 16.7. The van der Waals surface area contributed by atoms with Gasteiger partial charge in [-0.25, -0.2) is 0 Å². The van der Waals surface area contributed by atoms with Gasteiger partial charge in [0, 0.05) is 55.4 Å². The molecule has 2 aliphatic rings. The second-order valence-corrected chi connectivity index (χ2v) is 7.12. The molecule has 5 rings (SSSR count). The Morgan fingerprint density at radius 3 is 2.03 bits per heavy atom. The monoisotopic (exact) mass is 397 g/mol. The molecular weight excluding hydrogens is 374 g/mol. The average Bonchev–Trinajstić information content (AvgIpc) is 3.44. The molecule has 30 heavy (non-hydrogen) atoms. The van der Waals surface area contributed by atoms with Gasteiger partial charge in [0.2, 0.25) is 0 Å². The highest BCUT2D eigenvalue weighted by Crippen LogP contribution is 2.31. The Morgan fingerprint density at radius 1 is 0.700 bits per heavy atom. The number of para-hydroxylation sites is 1. The number of ether oxygens (including phenoxy) is 1. The van der Waals surface area contributed by atoms with Crippen molar-refractivity contribution in [1.29, 1.82) is 0 Å². The summed E-state index contributed by atoms with van der Waals surface area (Å²) in [6.07, 6.45) is 8.05. The van der Waals surface area contributed by atoms with Crippen LogP contribution in [0.15, 0.2) is 104 Å². The van der Waals surface area contributed by atoms with Crippen LogP contribution in [0.2, 0.25) is 0 Å². The molecule has 2 heterocycles. The fourth-order valence-corrected chi connectivity index (χ4v) is 3.56. The third-order valence-corrected chi connectivity index (χ3v) is 5.09. The van der Waals surface area contributed by atoms with E-state index in [-0.39, 0.29) is 0 Å². The van der Waals surface area contributed by atoms with E-state index in [2.05, 4.69) is 64.0 Å². The van der Waals surface area contributed by atoms with Crippen molar-refractivity contribution in [2.24, 2.45) is 0 Å². The molecule has 6 heteroatoms. The molecule has 6 nitrogen and oxygen atoms in total. The fourth-order valence-electron chi connectivity index (χ4n) is 3.56. The molecule has 0 radical (unpaired) electrons. The molecule has 0 atom stereocenters. The molecule has 2 aliphatic heterocycles. The van der Waals surface area contributed by atoms with E-state index < -0.39 is 0 Å². The minimum absolute atomic E-state index is 0.767. The van der Waals surface area contributed by atoms with Gasteiger partial charge < -0.3 is 20.0 Å². The number of nitrogens with one attached hydrogen (secondary N) is 1. The van der Waals surface area contributed by atoms with Gasteiger partial charge in [0.25, 0.3) is 0 Å². The Kier molecular flexibility index (Phi) is 4.75. The fraction of sp³-hybridized carbons (Fsp3) is 0.0833. The van der Waals surface area contributed by atoms with Gasteiger partial charge in [0.1, 0.15) is 11.5 Å². The summed E-state index contributed by atoms with van der Waals surface area (Å²) in [7, 11) is 1.96. The molecule has 3 aromatic carbocycles. The van der Waals surface area contributed by atoms with Crippen LogP contribution in [-0.4, -0.2) is 18.8 Å². The lowest BCUT2D eigenvalue weighted by Gasteiger charge is -2.25. The SMILES string of the molecule is CN1NC=CN1c1cccc(Oc2cccc(N3C=CN(c4ccccc4)C3)c2)c1. The van der Waals surface area contributed by atoms with Gasteiger partial charge in [-0.1, -0.05) is 30.3 Å². The highest BCUT2D eigenvalue weighted by molar-refractivity contribution is 5.61. The Hall–Kier alpha value is -3.90. The lowest BCUT2D eigenvalue weighted by atomic mass is 10.2. The van der Waals surface area contributed by atoms with Crippen molar-refractivity contribution in [2.45, 2.75) is 0 Å². The summed E-state index contributed by atoms with van der Waals surface area (Å²) in [5.41, 5.74) is 6.40. The summed E-state index contributed by atoms with van der Waals surface area (Å²) >= 11 is 0. The Bertz CT molecular complexity index is 1080. The van der Waals surface area contributed by atoms with Crippen LogP contribution in [0.25, 0.3) is 0 Å². The number of hydrogen-bond acceptors (Lipinski definition) is 6. The van der Waals surface area contributed by atoms with E-state index in [4.69, 9.17) is 4.74 Å². The summed E-state index contributed by atoms with van der Waals surface area (Å²) in [6, 6.07) is 26.6. The van der Waals surface area contributed by atoms with Gasteiger partial charge in [0.15, 0.2) is 0 Å². The van der Waals surface area contributed by atoms with Crippen LogP contribution >= 0.6 is 0 Å². The molecule has 0 saturated heterocycles. The highest BCUT2D eigenvalue weighted by atomic mass is 16.5. The Balaban J connectivity index is 1.30. The number of rotatable bonds is 5. The van der Waals surface area contributed by atoms with Crippen molar-refractivity contribution >= 4 is 17.1 Å². The van der Waals surface area contributed by atoms with Crippen LogP contribution in [0.1, 0.15) is 0 Å². The highest BCUT2D eigenvalue weighted by Gasteiger charge is 2.16. The van der Waals surface area contributed by atoms with Crippen molar-refractivity contribution in [2.75, 3.05) is 28.5 Å². The number of anilines is 3. The quantitative estimate of drug-likeness (QED) is 0.661. The molecule has 0 fully saturated rings. The summed E-state index contributed by atoms with van der Waals surface area (Å²) in [6.45, 7) is 0.767. The first-order valence-corrected chi connectivity index (χ1v) is 9.87. The van der Waals surface area contributed by atoms with Gasteiger partial charge in [-0.05, 0) is 36.4 Å². The van der Waals surface area contributed by atoms with Gasteiger partial charge in [-0.2, -0.15) is 0 Å². The first-order chi connectivity index (χ1) is 14.8. The van der Waals surface area contributed by atoms with Crippen LogP contribution in [0, 0.1) is 0 Å². The average molecular weight is 397 g/mol. The first-order valence-electron chi connectivity index (χ1n) is 9.87. The standard InChI is InChI=1S/C24H23N5O/c1-26-25-13-14-29(26)22-10-6-12-24(18-22)30-23-11-5-9-21(17-23)28-16-15-27(19-28)20-7-3-2-4-8-20/h2-18,25H,19H2,1H3. The molecule has 0 bridgehead atoms. The van der Waals surface area contributed by atoms with E-state index in [1.54, 1.807) is 0 Å². The molecule has 0 saturated carbocycles. The number of hydrazine groups is 2. The molecule has 0 aliphatic carbocycles. The molecule has 1 N–H and O–H groups in total. The van der Waals surface area contributed by atoms with Crippen molar-refractivity contribution in [3.63, 3.8) is 0 Å². The Morgan fingerprint density at radius 2 is 1.33 bits per heavy atom. The van der Waals surface area contributed by atoms with E-state index in [0.29, 0.717) is 0 Å². The largest absolute Gasteiger partial charge is 0.457 e. The molecule has 0 unspecified atom stereocenters. The smallest absolute Gasteiger partial charge is 0.129 e. The number of benzene rings is 3. The molecule has 150 valence electrons. The van der Waals surface area contributed by atoms with Crippen molar-refractivity contribution in [3.05, 3.63) is 104 Å². The van der Waals surface area contributed by atoms with Crippen molar-refractivity contribution < 1.29 is 4.74 Å². The summed E-state index contributed by atoms with van der Waals surface area (Å²) in [5, 5.41) is 3.91. The first kappa shape index (κ1) is 18.1. The maximum atomic E-state index is 6.17. The lowest BCUT2D eigenvalue weighted by molar-refractivity contribution is 0.302. The molecule has 0 amide bonds. The van der Waals surface area contributed by atoms with Crippen LogP contribution in [0.4, 0.5) is 17.1 Å². The van der Waals surface area contributed by atoms with E-state index in [1.165, 1.54) is 5.69 Å². The van der Waals surface area contributed by atoms with Gasteiger partial charge in [0.05, 0.1) is 12.4 Å². The van der Waals surface area contributed by atoms with E-state index in [1.807, 2.05) is 72.0 Å². The zero-order valence-electron chi connectivity index (χ0n) is 16.7. The topological polar surface area (TPSA) is 34.2 Å². The second kappa shape index (κ2) is 7.85.